The molecular formula is C49H61N8O12+. The maximum atomic E-state index is 15.0. The van der Waals surface area contributed by atoms with Crippen molar-refractivity contribution >= 4 is 58.9 Å². The van der Waals surface area contributed by atoms with E-state index in [4.69, 9.17) is 9.47 Å². The Morgan fingerprint density at radius 2 is 1.57 bits per heavy atom. The van der Waals surface area contributed by atoms with Gasteiger partial charge in [-0.1, -0.05) is 49.4 Å². The van der Waals surface area contributed by atoms with Crippen molar-refractivity contribution in [1.29, 1.82) is 0 Å². The van der Waals surface area contributed by atoms with Crippen LogP contribution in [0.1, 0.15) is 80.5 Å². The van der Waals surface area contributed by atoms with E-state index in [-0.39, 0.29) is 56.7 Å². The van der Waals surface area contributed by atoms with Gasteiger partial charge in [0.15, 0.2) is 18.0 Å². The molecule has 0 bridgehead atoms. The summed E-state index contributed by atoms with van der Waals surface area (Å²) in [6.07, 6.45) is 0.00176. The van der Waals surface area contributed by atoms with Crippen molar-refractivity contribution in [3.05, 3.63) is 89.7 Å². The number of rotatable bonds is 10. The Hall–Kier alpha value is -7.38. The number of aromatic nitrogens is 1. The van der Waals surface area contributed by atoms with Crippen molar-refractivity contribution in [2.24, 2.45) is 0 Å². The van der Waals surface area contributed by atoms with Gasteiger partial charge in [-0.2, -0.15) is 4.57 Å². The predicted molar refractivity (Wildman–Crippen MR) is 247 cm³/mol. The maximum Gasteiger partial charge on any atom is 0.372 e. The van der Waals surface area contributed by atoms with Crippen molar-refractivity contribution < 1.29 is 62.3 Å². The van der Waals surface area contributed by atoms with Crippen LogP contribution in [0.3, 0.4) is 0 Å². The predicted octanol–water partition coefficient (Wildman–Crippen LogP) is 0.726. The summed E-state index contributed by atoms with van der Waals surface area (Å²) in [7, 11) is 5.22. The van der Waals surface area contributed by atoms with E-state index in [0.717, 1.165) is 10.3 Å². The summed E-state index contributed by atoms with van der Waals surface area (Å²) in [5.41, 5.74) is 1.37. The molecule has 3 aliphatic heterocycles. The lowest BCUT2D eigenvalue weighted by atomic mass is 9.95. The van der Waals surface area contributed by atoms with Crippen LogP contribution in [0.15, 0.2) is 72.9 Å². The Labute approximate surface area is 400 Å². The summed E-state index contributed by atoms with van der Waals surface area (Å²) in [5, 5.41) is 18.8. The Kier molecular flexibility index (Phi) is 16.7. The first-order valence-electron chi connectivity index (χ1n) is 23.1. The molecule has 4 heterocycles. The number of anilines is 1. The largest absolute Gasteiger partial charge is 0.502 e. The number of ether oxygens (including phenoxy) is 2. The van der Waals surface area contributed by atoms with E-state index in [2.05, 4.69) is 16.0 Å². The van der Waals surface area contributed by atoms with E-state index in [1.165, 1.54) is 59.1 Å². The van der Waals surface area contributed by atoms with E-state index in [1.54, 1.807) is 32.0 Å². The fourth-order valence-electron chi connectivity index (χ4n) is 8.89. The smallest absolute Gasteiger partial charge is 0.372 e. The van der Waals surface area contributed by atoms with Gasteiger partial charge in [-0.15, -0.1) is 0 Å². The monoisotopic (exact) mass is 953 g/mol. The van der Waals surface area contributed by atoms with Gasteiger partial charge in [0.1, 0.15) is 42.1 Å². The molecule has 3 saturated heterocycles. The second kappa shape index (κ2) is 22.6. The highest BCUT2D eigenvalue weighted by Crippen LogP contribution is 2.27. The van der Waals surface area contributed by atoms with E-state index >= 15 is 4.79 Å². The van der Waals surface area contributed by atoms with Crippen LogP contribution in [-0.2, 0) is 60.8 Å². The van der Waals surface area contributed by atoms with E-state index < -0.39 is 114 Å². The molecule has 7 atom stereocenters. The highest BCUT2D eigenvalue weighted by atomic mass is 16.5. The minimum atomic E-state index is -1.79. The average molecular weight is 954 g/mol. The fraction of sp³-hybridized carbons (Fsp3) is 0.469. The zero-order valence-corrected chi connectivity index (χ0v) is 39.7. The van der Waals surface area contributed by atoms with Gasteiger partial charge in [0, 0.05) is 65.2 Å². The quantitative estimate of drug-likeness (QED) is 0.162. The van der Waals surface area contributed by atoms with Crippen molar-refractivity contribution in [2.45, 2.75) is 108 Å². The van der Waals surface area contributed by atoms with Crippen LogP contribution >= 0.6 is 0 Å². The molecule has 69 heavy (non-hydrogen) atoms. The Morgan fingerprint density at radius 1 is 0.870 bits per heavy atom. The summed E-state index contributed by atoms with van der Waals surface area (Å²) in [6, 6.07) is 9.59. The number of piperidine rings is 1. The average Bonchev–Trinajstić information content (AvgIpc) is 3.82. The van der Waals surface area contributed by atoms with Crippen LogP contribution in [0, 0.1) is 0 Å². The van der Waals surface area contributed by atoms with E-state index in [9.17, 15) is 43.5 Å². The standard InChI is InChI=1S/C49H60N8O12/c1-7-34-46(64)56-24-12-16-35(56)47(65)54(6)37(26-30-18-20-32(21-19-30)53(4)5)48(66)57-25-22-33(58)27-36(57)43(61)52-41(31-14-10-9-11-15-31)49(67)69-29(3)40(44(62)50-34)51-45(63)42-38(59)17-13-23-55(42)28-39(60)68-8-2/h9-11,13-15,17-21,23,29,34-37,40-41H,7-8,12,16,22,24-28H2,1-6H3,(H3-,50,51,52,59,61,62,63)/p+1/t29-,34-,35+,36+,37+,40+,41+/m1/s1. The number of hydrogen-bond donors (Lipinski definition) is 4. The van der Waals surface area contributed by atoms with E-state index in [0.29, 0.717) is 12.0 Å². The Bertz CT molecular complexity index is 2430. The number of cyclic esters (lactones) is 1. The van der Waals surface area contributed by atoms with Gasteiger partial charge in [0.25, 0.3) is 0 Å². The lowest BCUT2D eigenvalue weighted by Crippen LogP contribution is -2.61. The number of pyridine rings is 1. The molecular weight excluding hydrogens is 893 g/mol. The third-order valence-electron chi connectivity index (χ3n) is 12.7. The van der Waals surface area contributed by atoms with Crippen molar-refractivity contribution in [3.8, 4) is 5.75 Å². The first-order valence-corrected chi connectivity index (χ1v) is 23.1. The summed E-state index contributed by atoms with van der Waals surface area (Å²) in [4.78, 5) is 134. The number of nitrogens with one attached hydrogen (secondary N) is 3. The van der Waals surface area contributed by atoms with Gasteiger partial charge in [-0.25, -0.2) is 9.59 Å². The molecule has 1 aromatic heterocycles. The molecule has 0 spiro atoms. The molecule has 6 rings (SSSR count). The molecule has 20 nitrogen and oxygen atoms in total. The Balaban J connectivity index is 1.44. The first kappa shape index (κ1) is 51.0. The van der Waals surface area contributed by atoms with Gasteiger partial charge in [-0.3, -0.25) is 33.6 Å². The number of carbonyl (C=O) groups excluding carboxylic acids is 9. The number of benzene rings is 2. The van der Waals surface area contributed by atoms with Gasteiger partial charge in [-0.05, 0) is 62.4 Å². The minimum Gasteiger partial charge on any atom is -0.502 e. The molecule has 0 unspecified atom stereocenters. The number of amides is 6. The molecule has 20 heteroatoms. The summed E-state index contributed by atoms with van der Waals surface area (Å²) in [6.45, 7) is 4.05. The number of esters is 2. The number of fused-ring (bicyclic) bond motifs is 2. The fourth-order valence-corrected chi connectivity index (χ4v) is 8.89. The zero-order valence-electron chi connectivity index (χ0n) is 39.7. The van der Waals surface area contributed by atoms with Crippen LogP contribution in [0.25, 0.3) is 0 Å². The normalized spacial score (nSPS) is 24.2. The van der Waals surface area contributed by atoms with Crippen molar-refractivity contribution in [3.63, 3.8) is 0 Å². The molecule has 0 saturated carbocycles. The van der Waals surface area contributed by atoms with Gasteiger partial charge < -0.3 is 50.1 Å². The third kappa shape index (κ3) is 11.8. The SMILES string of the molecule is CCOC(=O)C[n+]1cccc(O)c1C(=O)N[C@@H]1C(=O)N[C@H](CC)C(=O)N2CCC[C@H]2C(=O)N(C)[C@@H](Cc2ccc(N(C)C)cc2)C(=O)N2CCC(=O)C[C@H]2C(=O)N[C@@H](c2ccccc2)C(=O)O[C@@H]1C. The number of hydrogen-bond acceptors (Lipinski definition) is 13. The topological polar surface area (TPSA) is 245 Å². The van der Waals surface area contributed by atoms with Crippen LogP contribution in [0.5, 0.6) is 5.75 Å². The molecule has 0 aliphatic carbocycles. The van der Waals surface area contributed by atoms with Crippen LogP contribution in [-0.4, -0.2) is 150 Å². The third-order valence-corrected chi connectivity index (χ3v) is 12.7. The maximum absolute atomic E-state index is 15.0. The Morgan fingerprint density at radius 3 is 2.23 bits per heavy atom. The number of Topliss-reactive ketones (excluding diaryl/α,β-unsaturated/α-hetero) is 1. The number of aromatic hydroxyl groups is 1. The van der Waals surface area contributed by atoms with Crippen molar-refractivity contribution in [2.75, 3.05) is 45.7 Å². The number of nitrogens with zero attached hydrogens (tertiary/aromatic N) is 5. The van der Waals surface area contributed by atoms with Gasteiger partial charge >= 0.3 is 23.5 Å². The van der Waals surface area contributed by atoms with Crippen molar-refractivity contribution in [1.82, 2.24) is 30.7 Å². The first-order chi connectivity index (χ1) is 32.9. The van der Waals surface area contributed by atoms with Crippen LogP contribution in [0.2, 0.25) is 0 Å². The van der Waals surface area contributed by atoms with Crippen LogP contribution < -0.4 is 25.4 Å². The molecule has 3 aromatic rings. The lowest BCUT2D eigenvalue weighted by molar-refractivity contribution is -0.688. The summed E-state index contributed by atoms with van der Waals surface area (Å²) < 4.78 is 12.1. The zero-order chi connectivity index (χ0) is 50.1. The van der Waals surface area contributed by atoms with Gasteiger partial charge in [0.2, 0.25) is 36.1 Å². The van der Waals surface area contributed by atoms with E-state index in [1.807, 2.05) is 43.3 Å². The molecule has 4 N–H and O–H groups in total. The summed E-state index contributed by atoms with van der Waals surface area (Å²) >= 11 is 0. The molecule has 3 fully saturated rings. The molecule has 2 aromatic carbocycles. The highest BCUT2D eigenvalue weighted by molar-refractivity contribution is 6.01. The molecule has 6 amide bonds. The number of ketones is 1. The van der Waals surface area contributed by atoms with Gasteiger partial charge in [0.05, 0.1) is 6.61 Å². The molecule has 3 aliphatic rings. The second-order valence-electron chi connectivity index (χ2n) is 17.5. The molecule has 0 radical (unpaired) electrons. The molecule has 368 valence electrons. The number of likely N-dealkylation sites (N-methyl/N-ethyl adjacent to an activating group) is 1. The highest BCUT2D eigenvalue weighted by Gasteiger charge is 2.46. The number of carbonyl (C=O) groups is 9. The summed E-state index contributed by atoms with van der Waals surface area (Å²) in [5.74, 6) is -7.44. The second-order valence-corrected chi connectivity index (χ2v) is 17.5. The lowest BCUT2D eigenvalue weighted by Gasteiger charge is -2.40. The van der Waals surface area contributed by atoms with Crippen LogP contribution in [0.4, 0.5) is 5.69 Å². The minimum absolute atomic E-state index is 0.00935.